The average molecular weight is 332 g/mol. The molecule has 0 aliphatic heterocycles. The van der Waals surface area contributed by atoms with Gasteiger partial charge in [0.05, 0.1) is 24.3 Å². The van der Waals surface area contributed by atoms with Crippen LogP contribution < -0.4 is 10.6 Å². The number of hydrogen-bond acceptors (Lipinski definition) is 5. The molecule has 2 N–H and O–H groups in total. The minimum atomic E-state index is -2.74. The van der Waals surface area contributed by atoms with Gasteiger partial charge in [0.15, 0.2) is 0 Å². The third kappa shape index (κ3) is 9.50. The van der Waals surface area contributed by atoms with Crippen molar-refractivity contribution >= 4 is 20.1 Å². The molecule has 0 aliphatic carbocycles. The van der Waals surface area contributed by atoms with Crippen molar-refractivity contribution in [2.45, 2.75) is 38.8 Å². The van der Waals surface area contributed by atoms with Crippen molar-refractivity contribution in [3.8, 4) is 0 Å². The number of rotatable bonds is 10. The highest BCUT2D eigenvalue weighted by atomic mass is 31.1. The fraction of sp³-hybridized carbons (Fsp3) is 0.571. The molecule has 8 heteroatoms. The second kappa shape index (κ2) is 8.88. The lowest BCUT2D eigenvalue weighted by molar-refractivity contribution is -0.119. The predicted octanol–water partition coefficient (Wildman–Crippen LogP) is 1.57. The summed E-state index contributed by atoms with van der Waals surface area (Å²) in [6.07, 6.45) is 2.29. The fourth-order valence-electron chi connectivity index (χ4n) is 1.36. The van der Waals surface area contributed by atoms with Crippen molar-refractivity contribution in [3.63, 3.8) is 0 Å². The van der Waals surface area contributed by atoms with Crippen molar-refractivity contribution in [1.29, 1.82) is 0 Å². The molecule has 0 bridgehead atoms. The number of carbonyl (C=O) groups is 2. The maximum atomic E-state index is 11.7. The van der Waals surface area contributed by atoms with Crippen molar-refractivity contribution in [2.75, 3.05) is 13.2 Å². The number of nitrogens with one attached hydrogen (secondary N) is 2. The van der Waals surface area contributed by atoms with Crippen LogP contribution in [0, 0.1) is 0 Å². The lowest BCUT2D eigenvalue weighted by Gasteiger charge is -2.27. The topological polar surface area (TPSA) is 93.7 Å². The second-order valence-corrected chi connectivity index (χ2v) is 7.06. The molecule has 0 aromatic rings. The maximum Gasteiger partial charge on any atom is 0.319 e. The molecule has 0 aromatic heterocycles. The molecule has 0 fully saturated rings. The molecule has 0 atom stereocenters. The smallest absolute Gasteiger partial charge is 0.319 e. The van der Waals surface area contributed by atoms with E-state index in [0.29, 0.717) is 0 Å². The van der Waals surface area contributed by atoms with Crippen LogP contribution in [0.15, 0.2) is 25.3 Å². The summed E-state index contributed by atoms with van der Waals surface area (Å²) in [4.78, 5) is 22.5. The van der Waals surface area contributed by atoms with Gasteiger partial charge in [-0.3, -0.25) is 14.2 Å². The van der Waals surface area contributed by atoms with Gasteiger partial charge in [-0.15, -0.1) is 0 Å². The summed E-state index contributed by atoms with van der Waals surface area (Å²) in [7, 11) is -2.74. The Bertz CT molecular complexity index is 420. The van der Waals surface area contributed by atoms with Crippen LogP contribution in [0.25, 0.3) is 0 Å². The van der Waals surface area contributed by atoms with Gasteiger partial charge in [0.1, 0.15) is 0 Å². The lowest BCUT2D eigenvalue weighted by atomic mass is 10.1. The largest absolute Gasteiger partial charge is 0.345 e. The van der Waals surface area contributed by atoms with Gasteiger partial charge < -0.3 is 19.7 Å². The Kier molecular flexibility index (Phi) is 8.30. The van der Waals surface area contributed by atoms with Gasteiger partial charge in [-0.05, 0) is 39.8 Å². The fourth-order valence-corrected chi connectivity index (χ4v) is 2.40. The first-order chi connectivity index (χ1) is 10.0. The molecule has 0 aromatic carbocycles. The molecule has 0 unspecified atom stereocenters. The maximum absolute atomic E-state index is 11.7. The third-order valence-corrected chi connectivity index (χ3v) is 3.16. The SMILES string of the molecule is C=CC(=O)NC(C)(C)CO[PH](=O)OCC(C)(C)NC(=O)C=C. The van der Waals surface area contributed by atoms with Crippen LogP contribution in [0.5, 0.6) is 0 Å². The molecule has 126 valence electrons. The van der Waals surface area contributed by atoms with Crippen LogP contribution in [0.3, 0.4) is 0 Å². The van der Waals surface area contributed by atoms with Gasteiger partial charge in [-0.25, -0.2) is 0 Å². The summed E-state index contributed by atoms with van der Waals surface area (Å²) in [5, 5.41) is 5.28. The Balaban J connectivity index is 4.24. The van der Waals surface area contributed by atoms with E-state index in [4.69, 9.17) is 9.05 Å². The Labute approximate surface area is 132 Å². The Hall–Kier alpha value is -1.43. The highest BCUT2D eigenvalue weighted by Crippen LogP contribution is 2.27. The van der Waals surface area contributed by atoms with Gasteiger partial charge in [-0.2, -0.15) is 0 Å². The summed E-state index contributed by atoms with van der Waals surface area (Å²) >= 11 is 0. The van der Waals surface area contributed by atoms with E-state index in [2.05, 4.69) is 23.8 Å². The minimum Gasteiger partial charge on any atom is -0.345 e. The highest BCUT2D eigenvalue weighted by molar-refractivity contribution is 7.33. The van der Waals surface area contributed by atoms with Crippen LogP contribution in [0.2, 0.25) is 0 Å². The molecule has 0 heterocycles. The van der Waals surface area contributed by atoms with Gasteiger partial charge in [0.2, 0.25) is 11.8 Å². The zero-order chi connectivity index (χ0) is 17.4. The molecule has 0 saturated carbocycles. The monoisotopic (exact) mass is 332 g/mol. The zero-order valence-electron chi connectivity index (χ0n) is 13.5. The van der Waals surface area contributed by atoms with Crippen LogP contribution in [0.1, 0.15) is 27.7 Å². The van der Waals surface area contributed by atoms with Crippen molar-refractivity contribution in [1.82, 2.24) is 10.6 Å². The average Bonchev–Trinajstić information content (AvgIpc) is 2.42. The molecule has 2 amide bonds. The van der Waals surface area contributed by atoms with E-state index in [1.54, 1.807) is 27.7 Å². The van der Waals surface area contributed by atoms with E-state index in [1.165, 1.54) is 0 Å². The van der Waals surface area contributed by atoms with Crippen LogP contribution in [-0.4, -0.2) is 36.1 Å². The van der Waals surface area contributed by atoms with E-state index >= 15 is 0 Å². The van der Waals surface area contributed by atoms with Gasteiger partial charge in [0, 0.05) is 0 Å². The standard InChI is InChI=1S/C14H25N2O5P/c1-7-11(17)15-13(3,4)9-20-22(19)21-10-14(5,6)16-12(18)8-2/h7-8,22H,1-2,9-10H2,3-6H3,(H,15,17)(H,16,18). The predicted molar refractivity (Wildman–Crippen MR) is 85.7 cm³/mol. The molecule has 7 nitrogen and oxygen atoms in total. The second-order valence-electron chi connectivity index (χ2n) is 5.98. The third-order valence-electron chi connectivity index (χ3n) is 2.40. The molecule has 0 aliphatic rings. The molecule has 0 spiro atoms. The molecule has 22 heavy (non-hydrogen) atoms. The van der Waals surface area contributed by atoms with E-state index in [0.717, 1.165) is 12.2 Å². The van der Waals surface area contributed by atoms with E-state index < -0.39 is 19.3 Å². The molecule has 0 saturated heterocycles. The van der Waals surface area contributed by atoms with Gasteiger partial charge in [-0.1, -0.05) is 13.2 Å². The summed E-state index contributed by atoms with van der Waals surface area (Å²) in [5.74, 6) is -0.690. The van der Waals surface area contributed by atoms with E-state index in [1.807, 2.05) is 0 Å². The van der Waals surface area contributed by atoms with Crippen molar-refractivity contribution in [2.24, 2.45) is 0 Å². The van der Waals surface area contributed by atoms with Gasteiger partial charge >= 0.3 is 8.25 Å². The molecular weight excluding hydrogens is 307 g/mol. The summed E-state index contributed by atoms with van der Waals surface area (Å²) in [6.45, 7) is 13.6. The Morgan fingerprint density at radius 3 is 1.55 bits per heavy atom. The summed E-state index contributed by atoms with van der Waals surface area (Å²) in [5.41, 5.74) is -1.41. The van der Waals surface area contributed by atoms with Crippen LogP contribution in [0.4, 0.5) is 0 Å². The lowest BCUT2D eigenvalue weighted by Crippen LogP contribution is -2.46. The molecule has 0 radical (unpaired) electrons. The highest BCUT2D eigenvalue weighted by Gasteiger charge is 2.23. The normalized spacial score (nSPS) is 11.9. The Morgan fingerprint density at radius 1 is 0.955 bits per heavy atom. The molecular formula is C14H25N2O5P. The van der Waals surface area contributed by atoms with Crippen molar-refractivity contribution in [3.05, 3.63) is 25.3 Å². The van der Waals surface area contributed by atoms with Crippen LogP contribution in [-0.2, 0) is 23.2 Å². The first-order valence-corrected chi connectivity index (χ1v) is 7.92. The zero-order valence-corrected chi connectivity index (χ0v) is 14.5. The minimum absolute atomic E-state index is 0.0177. The van der Waals surface area contributed by atoms with E-state index in [-0.39, 0.29) is 25.0 Å². The number of carbonyl (C=O) groups excluding carboxylic acids is 2. The van der Waals surface area contributed by atoms with Crippen molar-refractivity contribution < 1.29 is 23.2 Å². The Morgan fingerprint density at radius 2 is 1.27 bits per heavy atom. The quantitative estimate of drug-likeness (QED) is 0.468. The van der Waals surface area contributed by atoms with Crippen LogP contribution >= 0.6 is 8.25 Å². The van der Waals surface area contributed by atoms with Gasteiger partial charge in [0.25, 0.3) is 0 Å². The number of amides is 2. The first-order valence-electron chi connectivity index (χ1n) is 6.70. The number of hydrogen-bond donors (Lipinski definition) is 2. The molecule has 0 rings (SSSR count). The van der Waals surface area contributed by atoms with E-state index in [9.17, 15) is 14.2 Å². The first kappa shape index (κ1) is 20.6. The summed E-state index contributed by atoms with van der Waals surface area (Å²) < 4.78 is 22.0. The summed E-state index contributed by atoms with van der Waals surface area (Å²) in [6, 6.07) is 0.